The van der Waals surface area contributed by atoms with Crippen LogP contribution in [0, 0.1) is 0 Å². The lowest BCUT2D eigenvalue weighted by atomic mass is 10.0. The van der Waals surface area contributed by atoms with Crippen molar-refractivity contribution in [2.45, 2.75) is 12.8 Å². The van der Waals surface area contributed by atoms with Crippen molar-refractivity contribution in [2.75, 3.05) is 37.4 Å². The molecular formula is C26H30N2O5S. The van der Waals surface area contributed by atoms with Crippen LogP contribution in [0.5, 0.6) is 11.5 Å². The van der Waals surface area contributed by atoms with Crippen LogP contribution in [-0.2, 0) is 14.8 Å². The van der Waals surface area contributed by atoms with E-state index in [-0.39, 0.29) is 18.9 Å². The summed E-state index contributed by atoms with van der Waals surface area (Å²) in [5.41, 5.74) is 2.36. The number of hydrogen-bond donors (Lipinski definition) is 1. The van der Waals surface area contributed by atoms with Crippen molar-refractivity contribution < 1.29 is 22.7 Å². The fourth-order valence-corrected chi connectivity index (χ4v) is 4.52. The minimum atomic E-state index is -3.53. The van der Waals surface area contributed by atoms with E-state index in [9.17, 15) is 13.2 Å². The van der Waals surface area contributed by atoms with E-state index >= 15 is 0 Å². The van der Waals surface area contributed by atoms with E-state index < -0.39 is 10.0 Å². The summed E-state index contributed by atoms with van der Waals surface area (Å²) in [5.74, 6) is 1.21. The normalized spacial score (nSPS) is 11.0. The fourth-order valence-electron chi connectivity index (χ4n) is 3.54. The van der Waals surface area contributed by atoms with E-state index in [1.807, 2.05) is 66.7 Å². The van der Waals surface area contributed by atoms with Crippen molar-refractivity contribution in [3.05, 3.63) is 78.9 Å². The van der Waals surface area contributed by atoms with Gasteiger partial charge in [-0.25, -0.2) is 8.42 Å². The Kier molecular flexibility index (Phi) is 8.93. The number of anilines is 1. The summed E-state index contributed by atoms with van der Waals surface area (Å²) in [6.07, 6.45) is 1.78. The van der Waals surface area contributed by atoms with Gasteiger partial charge in [0.25, 0.3) is 0 Å². The van der Waals surface area contributed by atoms with Gasteiger partial charge in [0.15, 0.2) is 0 Å². The lowest BCUT2D eigenvalue weighted by molar-refractivity contribution is -0.121. The van der Waals surface area contributed by atoms with Gasteiger partial charge >= 0.3 is 0 Å². The molecule has 0 atom stereocenters. The SMILES string of the molecule is COc1cccc(OCCNC(=O)CCCN(c2ccccc2-c2ccccc2)S(C)(=O)=O)c1. The van der Waals surface area contributed by atoms with Crippen LogP contribution in [-0.4, -0.2) is 47.4 Å². The monoisotopic (exact) mass is 482 g/mol. The predicted molar refractivity (Wildman–Crippen MR) is 135 cm³/mol. The number of hydrogen-bond acceptors (Lipinski definition) is 5. The van der Waals surface area contributed by atoms with E-state index in [2.05, 4.69) is 5.32 Å². The Morgan fingerprint density at radius 1 is 0.941 bits per heavy atom. The Balaban J connectivity index is 1.53. The molecule has 0 fully saturated rings. The predicted octanol–water partition coefficient (Wildman–Crippen LogP) is 4.10. The summed E-state index contributed by atoms with van der Waals surface area (Å²) in [4.78, 5) is 12.3. The number of ether oxygens (including phenoxy) is 2. The second kappa shape index (κ2) is 12.1. The Morgan fingerprint density at radius 2 is 1.65 bits per heavy atom. The largest absolute Gasteiger partial charge is 0.497 e. The number of amides is 1. The van der Waals surface area contributed by atoms with Gasteiger partial charge in [0.2, 0.25) is 15.9 Å². The van der Waals surface area contributed by atoms with Crippen LogP contribution in [0.15, 0.2) is 78.9 Å². The van der Waals surface area contributed by atoms with Crippen LogP contribution in [0.2, 0.25) is 0 Å². The lowest BCUT2D eigenvalue weighted by Crippen LogP contribution is -2.33. The Hall–Kier alpha value is -3.52. The highest BCUT2D eigenvalue weighted by Crippen LogP contribution is 2.32. The highest BCUT2D eigenvalue weighted by atomic mass is 32.2. The van der Waals surface area contributed by atoms with Crippen molar-refractivity contribution >= 4 is 21.6 Å². The molecule has 0 bridgehead atoms. The maximum Gasteiger partial charge on any atom is 0.232 e. The van der Waals surface area contributed by atoms with Crippen LogP contribution in [0.3, 0.4) is 0 Å². The van der Waals surface area contributed by atoms with Crippen molar-refractivity contribution in [1.82, 2.24) is 5.32 Å². The summed E-state index contributed by atoms with van der Waals surface area (Å²) >= 11 is 0. The zero-order valence-corrected chi connectivity index (χ0v) is 20.3. The molecule has 7 nitrogen and oxygen atoms in total. The minimum Gasteiger partial charge on any atom is -0.497 e. The third kappa shape index (κ3) is 7.25. The smallest absolute Gasteiger partial charge is 0.232 e. The van der Waals surface area contributed by atoms with Crippen molar-refractivity contribution in [2.24, 2.45) is 0 Å². The van der Waals surface area contributed by atoms with Gasteiger partial charge in [-0.3, -0.25) is 9.10 Å². The fraction of sp³-hybridized carbons (Fsp3) is 0.269. The molecule has 0 saturated carbocycles. The Labute approximate surface area is 201 Å². The molecule has 1 amide bonds. The molecule has 0 saturated heterocycles. The number of nitrogens with one attached hydrogen (secondary N) is 1. The lowest BCUT2D eigenvalue weighted by Gasteiger charge is -2.25. The highest BCUT2D eigenvalue weighted by Gasteiger charge is 2.20. The molecule has 3 aromatic rings. The number of carbonyl (C=O) groups is 1. The molecule has 0 aliphatic rings. The summed E-state index contributed by atoms with van der Waals surface area (Å²) in [7, 11) is -1.94. The standard InChI is InChI=1S/C26H30N2O5S/c1-32-22-12-8-13-23(20-22)33-19-17-27-26(29)16-9-18-28(34(2,30)31)25-15-7-6-14-24(25)21-10-4-3-5-11-21/h3-8,10-15,20H,9,16-19H2,1-2H3,(H,27,29). The van der Waals surface area contributed by atoms with Crippen molar-refractivity contribution in [3.8, 4) is 22.6 Å². The van der Waals surface area contributed by atoms with E-state index in [4.69, 9.17) is 9.47 Å². The maximum absolute atomic E-state index is 12.6. The first-order chi connectivity index (χ1) is 16.4. The average molecular weight is 483 g/mol. The molecule has 1 N–H and O–H groups in total. The number of sulfonamides is 1. The van der Waals surface area contributed by atoms with Gasteiger partial charge in [0.1, 0.15) is 18.1 Å². The van der Waals surface area contributed by atoms with Crippen LogP contribution >= 0.6 is 0 Å². The van der Waals surface area contributed by atoms with E-state index in [1.54, 1.807) is 19.2 Å². The summed E-state index contributed by atoms with van der Waals surface area (Å²) < 4.78 is 37.3. The van der Waals surface area contributed by atoms with Gasteiger partial charge in [-0.1, -0.05) is 54.6 Å². The molecule has 3 aromatic carbocycles. The first-order valence-electron chi connectivity index (χ1n) is 11.0. The quantitative estimate of drug-likeness (QED) is 0.393. The number of para-hydroxylation sites is 1. The van der Waals surface area contributed by atoms with E-state index in [0.29, 0.717) is 36.8 Å². The first kappa shape index (κ1) is 25.1. The van der Waals surface area contributed by atoms with Crippen LogP contribution in [0.1, 0.15) is 12.8 Å². The minimum absolute atomic E-state index is 0.154. The molecule has 0 radical (unpaired) electrons. The molecule has 0 aliphatic heterocycles. The molecule has 8 heteroatoms. The van der Waals surface area contributed by atoms with Gasteiger partial charge in [0, 0.05) is 24.6 Å². The Bertz CT molecular complexity index is 1180. The summed E-state index contributed by atoms with van der Waals surface area (Å²) in [5, 5.41) is 2.81. The number of carbonyl (C=O) groups excluding carboxylic acids is 1. The molecule has 180 valence electrons. The van der Waals surface area contributed by atoms with Crippen LogP contribution < -0.4 is 19.1 Å². The molecule has 0 unspecified atom stereocenters. The van der Waals surface area contributed by atoms with Gasteiger partial charge in [-0.15, -0.1) is 0 Å². The summed E-state index contributed by atoms with van der Waals surface area (Å²) in [6.45, 7) is 0.873. The molecule has 0 aromatic heterocycles. The van der Waals surface area contributed by atoms with Crippen molar-refractivity contribution in [1.29, 1.82) is 0 Å². The second-order valence-corrected chi connectivity index (χ2v) is 9.61. The third-order valence-electron chi connectivity index (χ3n) is 5.16. The van der Waals surface area contributed by atoms with Gasteiger partial charge in [-0.2, -0.15) is 0 Å². The number of methoxy groups -OCH3 is 1. The van der Waals surface area contributed by atoms with Crippen LogP contribution in [0.25, 0.3) is 11.1 Å². The second-order valence-electron chi connectivity index (χ2n) is 7.70. The van der Waals surface area contributed by atoms with Gasteiger partial charge < -0.3 is 14.8 Å². The average Bonchev–Trinajstić information content (AvgIpc) is 2.84. The van der Waals surface area contributed by atoms with E-state index in [1.165, 1.54) is 10.6 Å². The summed E-state index contributed by atoms with van der Waals surface area (Å²) in [6, 6.07) is 24.3. The highest BCUT2D eigenvalue weighted by molar-refractivity contribution is 7.92. The third-order valence-corrected chi connectivity index (χ3v) is 6.34. The number of benzene rings is 3. The maximum atomic E-state index is 12.6. The van der Waals surface area contributed by atoms with Crippen molar-refractivity contribution in [3.63, 3.8) is 0 Å². The van der Waals surface area contributed by atoms with E-state index in [0.717, 1.165) is 11.1 Å². The molecule has 0 aliphatic carbocycles. The first-order valence-corrected chi connectivity index (χ1v) is 12.9. The zero-order chi connectivity index (χ0) is 24.4. The molecule has 0 heterocycles. The molecular weight excluding hydrogens is 452 g/mol. The molecule has 34 heavy (non-hydrogen) atoms. The topological polar surface area (TPSA) is 84.9 Å². The number of rotatable bonds is 12. The Morgan fingerprint density at radius 3 is 2.38 bits per heavy atom. The van der Waals surface area contributed by atoms with Gasteiger partial charge in [0.05, 0.1) is 25.6 Å². The van der Waals surface area contributed by atoms with Crippen LogP contribution in [0.4, 0.5) is 5.69 Å². The van der Waals surface area contributed by atoms with Gasteiger partial charge in [-0.05, 0) is 30.2 Å². The molecule has 0 spiro atoms. The zero-order valence-electron chi connectivity index (χ0n) is 19.4. The number of nitrogens with zero attached hydrogens (tertiary/aromatic N) is 1. The molecule has 3 rings (SSSR count).